The minimum absolute atomic E-state index is 0.0769. The van der Waals surface area contributed by atoms with Gasteiger partial charge in [-0.15, -0.1) is 0 Å². The number of anilines is 3. The molecular weight excluding hydrogens is 517 g/mol. The van der Waals surface area contributed by atoms with Gasteiger partial charge in [-0.05, 0) is 93.6 Å². The smallest absolute Gasteiger partial charge is 0.243 e. The predicted octanol–water partition coefficient (Wildman–Crippen LogP) is 4.23. The molecule has 2 aromatic heterocycles. The van der Waals surface area contributed by atoms with Crippen LogP contribution in [0, 0.1) is 5.82 Å². The average Bonchev–Trinajstić information content (AvgIpc) is 3.34. The minimum atomic E-state index is -3.76. The highest BCUT2D eigenvalue weighted by molar-refractivity contribution is 7.89. The minimum Gasteiger partial charge on any atom is -0.396 e. The monoisotopic (exact) mass is 549 g/mol. The van der Waals surface area contributed by atoms with E-state index in [2.05, 4.69) is 27.2 Å². The van der Waals surface area contributed by atoms with E-state index < -0.39 is 10.0 Å². The van der Waals surface area contributed by atoms with Crippen LogP contribution in [0.2, 0.25) is 0 Å². The topological polar surface area (TPSA) is 109 Å². The molecule has 1 fully saturated rings. The number of halogens is 1. The quantitative estimate of drug-likeness (QED) is 0.339. The first kappa shape index (κ1) is 26.8. The Hall–Kier alpha value is -3.80. The molecule has 0 radical (unpaired) electrons. The van der Waals surface area contributed by atoms with Gasteiger partial charge in [0.25, 0.3) is 0 Å². The van der Waals surface area contributed by atoms with Gasteiger partial charge in [-0.1, -0.05) is 0 Å². The summed E-state index contributed by atoms with van der Waals surface area (Å²) in [5, 5.41) is 3.10. The molecule has 3 N–H and O–H groups in total. The third kappa shape index (κ3) is 5.95. The summed E-state index contributed by atoms with van der Waals surface area (Å²) in [5.74, 6) is -0.0615. The number of nitrogens with two attached hydrogens (primary N) is 1. The Labute approximate surface area is 228 Å². The van der Waals surface area contributed by atoms with Gasteiger partial charge in [-0.3, -0.25) is 0 Å². The molecule has 5 rings (SSSR count). The van der Waals surface area contributed by atoms with E-state index in [4.69, 9.17) is 5.73 Å². The van der Waals surface area contributed by atoms with Crippen LogP contribution >= 0.6 is 0 Å². The molecule has 0 unspecified atom stereocenters. The van der Waals surface area contributed by atoms with E-state index in [9.17, 15) is 12.8 Å². The molecule has 3 heterocycles. The van der Waals surface area contributed by atoms with Gasteiger partial charge in [-0.25, -0.2) is 22.8 Å². The van der Waals surface area contributed by atoms with Crippen molar-refractivity contribution < 1.29 is 12.8 Å². The van der Waals surface area contributed by atoms with Gasteiger partial charge in [0.15, 0.2) is 0 Å². The molecule has 1 aliphatic heterocycles. The fourth-order valence-corrected chi connectivity index (χ4v) is 6.44. The summed E-state index contributed by atoms with van der Waals surface area (Å²) in [7, 11) is 0.230. The Bertz CT molecular complexity index is 1530. The zero-order valence-electron chi connectivity index (χ0n) is 22.0. The molecule has 4 aromatic rings. The molecule has 11 heteroatoms. The maximum absolute atomic E-state index is 13.9. The van der Waals surface area contributed by atoms with Crippen LogP contribution in [0.4, 0.5) is 21.7 Å². The number of nitrogen functional groups attached to an aromatic ring is 1. The van der Waals surface area contributed by atoms with Gasteiger partial charge in [0.05, 0.1) is 29.0 Å². The summed E-state index contributed by atoms with van der Waals surface area (Å²) in [4.78, 5) is 11.2. The molecule has 0 aliphatic carbocycles. The van der Waals surface area contributed by atoms with Crippen molar-refractivity contribution in [3.05, 3.63) is 84.6 Å². The molecular formula is C28H32FN7O2S. The molecule has 0 spiro atoms. The molecule has 2 aromatic carbocycles. The lowest BCUT2D eigenvalue weighted by molar-refractivity contribution is 0.177. The van der Waals surface area contributed by atoms with Crippen LogP contribution < -0.4 is 11.1 Å². The Morgan fingerprint density at radius 3 is 2.38 bits per heavy atom. The summed E-state index contributed by atoms with van der Waals surface area (Å²) >= 11 is 0. The molecule has 1 saturated heterocycles. The van der Waals surface area contributed by atoms with Gasteiger partial charge in [-0.2, -0.15) is 4.31 Å². The van der Waals surface area contributed by atoms with Crippen molar-refractivity contribution in [1.82, 2.24) is 23.7 Å². The maximum Gasteiger partial charge on any atom is 0.243 e. The van der Waals surface area contributed by atoms with Gasteiger partial charge < -0.3 is 20.5 Å². The van der Waals surface area contributed by atoms with Crippen LogP contribution in [0.3, 0.4) is 0 Å². The fraction of sp³-hybridized carbons (Fsp3) is 0.286. The molecule has 0 amide bonds. The molecule has 1 aliphatic rings. The number of likely N-dealkylation sites (tertiary alicyclic amines) is 1. The standard InChI is InChI=1S/C28H32FN7O2S/c1-34-16-13-23(14-17-34)36(19-24-4-3-15-35(24)2)39(37,38)25-11-9-22(10-12-25)32-28-31-18-26(30)27(33-28)20-5-7-21(29)8-6-20/h3-12,15,18,23H,13-14,16-17,19,30H2,1-2H3,(H,31,32,33). The lowest BCUT2D eigenvalue weighted by Crippen LogP contribution is -2.46. The molecule has 204 valence electrons. The number of sulfonamides is 1. The highest BCUT2D eigenvalue weighted by atomic mass is 32.2. The number of nitrogens with one attached hydrogen (secondary N) is 1. The van der Waals surface area contributed by atoms with Crippen LogP contribution in [0.5, 0.6) is 0 Å². The van der Waals surface area contributed by atoms with Gasteiger partial charge in [0.2, 0.25) is 16.0 Å². The largest absolute Gasteiger partial charge is 0.396 e. The van der Waals surface area contributed by atoms with Gasteiger partial charge in [0, 0.05) is 36.2 Å². The van der Waals surface area contributed by atoms with Crippen LogP contribution in [0.1, 0.15) is 18.5 Å². The second kappa shape index (κ2) is 11.1. The van der Waals surface area contributed by atoms with Crippen LogP contribution in [-0.2, 0) is 23.6 Å². The summed E-state index contributed by atoms with van der Waals surface area (Å²) in [6.07, 6.45) is 4.97. The van der Waals surface area contributed by atoms with E-state index in [1.54, 1.807) is 40.7 Å². The maximum atomic E-state index is 13.9. The highest BCUT2D eigenvalue weighted by Crippen LogP contribution is 2.29. The number of hydrogen-bond acceptors (Lipinski definition) is 7. The van der Waals surface area contributed by atoms with Crippen molar-refractivity contribution in [2.45, 2.75) is 30.3 Å². The SMILES string of the molecule is CN1CCC(N(Cc2cccn2C)S(=O)(=O)c2ccc(Nc3ncc(N)c(-c4ccc(F)cc4)n3)cc2)CC1. The number of rotatable bonds is 8. The van der Waals surface area contributed by atoms with Crippen molar-refractivity contribution in [3.8, 4) is 11.3 Å². The normalized spacial score (nSPS) is 15.1. The summed E-state index contributed by atoms with van der Waals surface area (Å²) in [6, 6.07) is 16.3. The van der Waals surface area contributed by atoms with Crippen molar-refractivity contribution in [2.75, 3.05) is 31.2 Å². The second-order valence-corrected chi connectivity index (χ2v) is 11.7. The van der Waals surface area contributed by atoms with E-state index in [-0.39, 0.29) is 22.7 Å². The summed E-state index contributed by atoms with van der Waals surface area (Å²) in [5.41, 5.74) is 9.11. The Balaban J connectivity index is 1.38. The summed E-state index contributed by atoms with van der Waals surface area (Å²) < 4.78 is 44.7. The zero-order chi connectivity index (χ0) is 27.6. The number of aryl methyl sites for hydroxylation is 1. The van der Waals surface area contributed by atoms with E-state index in [0.717, 1.165) is 31.6 Å². The van der Waals surface area contributed by atoms with Crippen molar-refractivity contribution in [3.63, 3.8) is 0 Å². The molecule has 0 atom stereocenters. The molecule has 39 heavy (non-hydrogen) atoms. The number of hydrogen-bond donors (Lipinski definition) is 2. The Morgan fingerprint density at radius 2 is 1.74 bits per heavy atom. The lowest BCUT2D eigenvalue weighted by Gasteiger charge is -2.36. The highest BCUT2D eigenvalue weighted by Gasteiger charge is 2.33. The van der Waals surface area contributed by atoms with Crippen molar-refractivity contribution in [1.29, 1.82) is 0 Å². The van der Waals surface area contributed by atoms with Crippen molar-refractivity contribution >= 4 is 27.3 Å². The number of benzene rings is 2. The number of nitrogens with zero attached hydrogens (tertiary/aromatic N) is 5. The van der Waals surface area contributed by atoms with Crippen LogP contribution in [0.15, 0.2) is 78.0 Å². The predicted molar refractivity (Wildman–Crippen MR) is 150 cm³/mol. The molecule has 0 bridgehead atoms. The first-order chi connectivity index (χ1) is 18.7. The second-order valence-electron chi connectivity index (χ2n) is 9.85. The average molecular weight is 550 g/mol. The van der Waals surface area contributed by atoms with Gasteiger partial charge in [0.1, 0.15) is 5.82 Å². The van der Waals surface area contributed by atoms with Crippen molar-refractivity contribution in [2.24, 2.45) is 7.05 Å². The Kier molecular flexibility index (Phi) is 7.65. The Morgan fingerprint density at radius 1 is 1.05 bits per heavy atom. The van der Waals surface area contributed by atoms with E-state index in [1.807, 2.05) is 29.9 Å². The first-order valence-electron chi connectivity index (χ1n) is 12.8. The summed E-state index contributed by atoms with van der Waals surface area (Å²) in [6.45, 7) is 2.02. The number of aromatic nitrogens is 3. The molecule has 9 nitrogen and oxygen atoms in total. The molecule has 0 saturated carbocycles. The fourth-order valence-electron chi connectivity index (χ4n) is 4.78. The lowest BCUT2D eigenvalue weighted by atomic mass is 10.1. The van der Waals surface area contributed by atoms with Crippen LogP contribution in [-0.4, -0.2) is 58.3 Å². The van der Waals surface area contributed by atoms with E-state index >= 15 is 0 Å². The van der Waals surface area contributed by atoms with Crippen LogP contribution in [0.25, 0.3) is 11.3 Å². The third-order valence-electron chi connectivity index (χ3n) is 7.12. The van der Waals surface area contributed by atoms with Gasteiger partial charge >= 0.3 is 0 Å². The van der Waals surface area contributed by atoms with E-state index in [1.165, 1.54) is 18.3 Å². The van der Waals surface area contributed by atoms with E-state index in [0.29, 0.717) is 29.2 Å². The first-order valence-corrected chi connectivity index (χ1v) is 14.2. The number of piperidine rings is 1. The third-order valence-corrected chi connectivity index (χ3v) is 9.03. The zero-order valence-corrected chi connectivity index (χ0v) is 22.8.